The smallest absolute Gasteiger partial charge is 0.248 e. The first-order chi connectivity index (χ1) is 11.7. The fraction of sp³-hybridized carbons (Fsp3) is 0.150. The predicted octanol–water partition coefficient (Wildman–Crippen LogP) is 4.06. The van der Waals surface area contributed by atoms with Gasteiger partial charge in [-0.1, -0.05) is 24.3 Å². The SMILES string of the molecule is CCOc1ccc(NC(=O)C=CC2=Cc3ccccc3OC2)cc1. The van der Waals surface area contributed by atoms with Gasteiger partial charge in [-0.25, -0.2) is 0 Å². The Morgan fingerprint density at radius 1 is 1.21 bits per heavy atom. The lowest BCUT2D eigenvalue weighted by atomic mass is 10.1. The second-order valence-electron chi connectivity index (χ2n) is 5.33. The molecule has 1 heterocycles. The van der Waals surface area contributed by atoms with E-state index in [1.807, 2.05) is 61.5 Å². The summed E-state index contributed by atoms with van der Waals surface area (Å²) in [7, 11) is 0. The third kappa shape index (κ3) is 4.04. The monoisotopic (exact) mass is 321 g/mol. The molecule has 0 aromatic heterocycles. The number of hydrogen-bond donors (Lipinski definition) is 1. The Kier molecular flexibility index (Phi) is 4.96. The van der Waals surface area contributed by atoms with Crippen molar-refractivity contribution in [3.8, 4) is 11.5 Å². The van der Waals surface area contributed by atoms with Gasteiger partial charge in [0, 0.05) is 17.3 Å². The molecule has 2 aromatic rings. The standard InChI is InChI=1S/C20H19NO3/c1-2-23-18-10-8-17(9-11-18)21-20(22)12-7-15-13-16-5-3-4-6-19(16)24-14-15/h3-13H,2,14H2,1H3,(H,21,22). The molecule has 0 spiro atoms. The maximum Gasteiger partial charge on any atom is 0.248 e. The van der Waals surface area contributed by atoms with E-state index in [0.29, 0.717) is 13.2 Å². The Morgan fingerprint density at radius 2 is 2.00 bits per heavy atom. The van der Waals surface area contributed by atoms with Crippen molar-refractivity contribution in [2.75, 3.05) is 18.5 Å². The molecule has 4 nitrogen and oxygen atoms in total. The molecule has 0 unspecified atom stereocenters. The van der Waals surface area contributed by atoms with Crippen molar-refractivity contribution in [1.82, 2.24) is 0 Å². The number of anilines is 1. The van der Waals surface area contributed by atoms with Gasteiger partial charge in [-0.3, -0.25) is 4.79 Å². The van der Waals surface area contributed by atoms with E-state index in [9.17, 15) is 4.79 Å². The molecule has 1 N–H and O–H groups in total. The molecule has 0 bridgehead atoms. The van der Waals surface area contributed by atoms with Crippen molar-refractivity contribution >= 4 is 17.7 Å². The molecule has 0 saturated carbocycles. The van der Waals surface area contributed by atoms with E-state index in [1.54, 1.807) is 6.08 Å². The summed E-state index contributed by atoms with van der Waals surface area (Å²) in [6.45, 7) is 3.02. The molecule has 1 amide bonds. The Balaban J connectivity index is 1.61. The van der Waals surface area contributed by atoms with Gasteiger partial charge >= 0.3 is 0 Å². The van der Waals surface area contributed by atoms with Gasteiger partial charge in [0.1, 0.15) is 18.1 Å². The Morgan fingerprint density at radius 3 is 2.79 bits per heavy atom. The molecule has 4 heteroatoms. The summed E-state index contributed by atoms with van der Waals surface area (Å²) in [6.07, 6.45) is 5.32. The van der Waals surface area contributed by atoms with Gasteiger partial charge < -0.3 is 14.8 Å². The summed E-state index contributed by atoms with van der Waals surface area (Å²) in [5.74, 6) is 1.47. The van der Waals surface area contributed by atoms with Crippen molar-refractivity contribution in [3.05, 3.63) is 71.8 Å². The molecule has 0 fully saturated rings. The molecule has 3 rings (SSSR count). The minimum Gasteiger partial charge on any atom is -0.494 e. The molecule has 0 saturated heterocycles. The zero-order valence-corrected chi connectivity index (χ0v) is 13.5. The number of rotatable bonds is 5. The molecule has 1 aliphatic rings. The van der Waals surface area contributed by atoms with E-state index in [2.05, 4.69) is 5.32 Å². The first-order valence-corrected chi connectivity index (χ1v) is 7.89. The van der Waals surface area contributed by atoms with Crippen LogP contribution in [0.1, 0.15) is 12.5 Å². The largest absolute Gasteiger partial charge is 0.494 e. The number of fused-ring (bicyclic) bond motifs is 1. The predicted molar refractivity (Wildman–Crippen MR) is 95.3 cm³/mol. The quantitative estimate of drug-likeness (QED) is 0.845. The van der Waals surface area contributed by atoms with Crippen LogP contribution in [0.3, 0.4) is 0 Å². The number of benzene rings is 2. The molecule has 122 valence electrons. The van der Waals surface area contributed by atoms with Crippen LogP contribution >= 0.6 is 0 Å². The van der Waals surface area contributed by atoms with Gasteiger partial charge in [-0.2, -0.15) is 0 Å². The van der Waals surface area contributed by atoms with Crippen molar-refractivity contribution in [2.45, 2.75) is 6.92 Å². The number of ether oxygens (including phenoxy) is 2. The molecular formula is C20H19NO3. The third-order valence-electron chi connectivity index (χ3n) is 3.54. The Hall–Kier alpha value is -3.01. The number of amides is 1. The van der Waals surface area contributed by atoms with Gasteiger partial charge in [-0.15, -0.1) is 0 Å². The molecule has 0 aliphatic carbocycles. The summed E-state index contributed by atoms with van der Waals surface area (Å²) in [5.41, 5.74) is 2.71. The highest BCUT2D eigenvalue weighted by atomic mass is 16.5. The number of hydrogen-bond acceptors (Lipinski definition) is 3. The highest BCUT2D eigenvalue weighted by molar-refractivity contribution is 5.99. The van der Waals surface area contributed by atoms with Gasteiger partial charge in [-0.05, 0) is 48.9 Å². The van der Waals surface area contributed by atoms with E-state index < -0.39 is 0 Å². The fourth-order valence-electron chi connectivity index (χ4n) is 2.40. The number of carbonyl (C=O) groups excluding carboxylic acids is 1. The molecule has 24 heavy (non-hydrogen) atoms. The van der Waals surface area contributed by atoms with Gasteiger partial charge in [0.2, 0.25) is 5.91 Å². The van der Waals surface area contributed by atoms with Crippen LogP contribution in [0.15, 0.2) is 66.3 Å². The summed E-state index contributed by atoms with van der Waals surface area (Å²) >= 11 is 0. The zero-order chi connectivity index (χ0) is 16.8. The van der Waals surface area contributed by atoms with Gasteiger partial charge in [0.25, 0.3) is 0 Å². The minimum atomic E-state index is -0.182. The fourth-order valence-corrected chi connectivity index (χ4v) is 2.40. The Bertz CT molecular complexity index is 776. The van der Waals surface area contributed by atoms with Crippen molar-refractivity contribution in [1.29, 1.82) is 0 Å². The van der Waals surface area contributed by atoms with Crippen molar-refractivity contribution < 1.29 is 14.3 Å². The maximum absolute atomic E-state index is 12.0. The van der Waals surface area contributed by atoms with Gasteiger partial charge in [0.05, 0.1) is 6.61 Å². The lowest BCUT2D eigenvalue weighted by Crippen LogP contribution is -2.09. The van der Waals surface area contributed by atoms with Crippen LogP contribution < -0.4 is 14.8 Å². The first-order valence-electron chi connectivity index (χ1n) is 7.89. The number of nitrogens with one attached hydrogen (secondary N) is 1. The molecule has 2 aromatic carbocycles. The normalized spacial score (nSPS) is 13.0. The van der Waals surface area contributed by atoms with Crippen molar-refractivity contribution in [3.63, 3.8) is 0 Å². The summed E-state index contributed by atoms with van der Waals surface area (Å²) in [6, 6.07) is 15.1. The van der Waals surface area contributed by atoms with Gasteiger partial charge in [0.15, 0.2) is 0 Å². The maximum atomic E-state index is 12.0. The first kappa shape index (κ1) is 15.9. The molecule has 0 atom stereocenters. The van der Waals surface area contributed by atoms with Crippen molar-refractivity contribution in [2.24, 2.45) is 0 Å². The molecule has 0 radical (unpaired) electrons. The highest BCUT2D eigenvalue weighted by Gasteiger charge is 2.08. The van der Waals surface area contributed by atoms with Crippen LogP contribution in [0.5, 0.6) is 11.5 Å². The lowest BCUT2D eigenvalue weighted by molar-refractivity contribution is -0.111. The van der Waals surface area contributed by atoms with Crippen LogP contribution in [0.4, 0.5) is 5.69 Å². The van der Waals surface area contributed by atoms with E-state index in [0.717, 1.165) is 28.3 Å². The third-order valence-corrected chi connectivity index (χ3v) is 3.54. The lowest BCUT2D eigenvalue weighted by Gasteiger charge is -2.15. The zero-order valence-electron chi connectivity index (χ0n) is 13.5. The van der Waals surface area contributed by atoms with E-state index in [-0.39, 0.29) is 5.91 Å². The second kappa shape index (κ2) is 7.51. The topological polar surface area (TPSA) is 47.6 Å². The molecule has 1 aliphatic heterocycles. The Labute approximate surface area is 141 Å². The summed E-state index contributed by atoms with van der Waals surface area (Å²) in [5, 5.41) is 2.82. The number of para-hydroxylation sites is 1. The van der Waals surface area contributed by atoms with E-state index >= 15 is 0 Å². The van der Waals surface area contributed by atoms with Crippen LogP contribution in [0, 0.1) is 0 Å². The van der Waals surface area contributed by atoms with E-state index in [1.165, 1.54) is 6.08 Å². The van der Waals surface area contributed by atoms with E-state index in [4.69, 9.17) is 9.47 Å². The number of carbonyl (C=O) groups is 1. The summed E-state index contributed by atoms with van der Waals surface area (Å²) < 4.78 is 11.0. The minimum absolute atomic E-state index is 0.182. The second-order valence-corrected chi connectivity index (χ2v) is 5.33. The van der Waals surface area contributed by atoms with Crippen LogP contribution in [0.2, 0.25) is 0 Å². The average molecular weight is 321 g/mol. The highest BCUT2D eigenvalue weighted by Crippen LogP contribution is 2.26. The summed E-state index contributed by atoms with van der Waals surface area (Å²) in [4.78, 5) is 12.0. The average Bonchev–Trinajstić information content (AvgIpc) is 2.62. The molecular weight excluding hydrogens is 302 g/mol. The van der Waals surface area contributed by atoms with Crippen LogP contribution in [0.25, 0.3) is 6.08 Å². The van der Waals surface area contributed by atoms with Crippen LogP contribution in [-0.4, -0.2) is 19.1 Å². The van der Waals surface area contributed by atoms with Crippen LogP contribution in [-0.2, 0) is 4.79 Å².